The number of carboxylic acid groups (broad SMARTS) is 1. The molecule has 26 heavy (non-hydrogen) atoms. The van der Waals surface area contributed by atoms with Gasteiger partial charge in [-0.3, -0.25) is 4.79 Å². The molecule has 138 valence electrons. The normalized spacial score (nSPS) is 9.50. The number of hydrogen-bond donors (Lipinski definition) is 2. The summed E-state index contributed by atoms with van der Waals surface area (Å²) in [4.78, 5) is 16.2. The Morgan fingerprint density at radius 2 is 1.73 bits per heavy atom. The van der Waals surface area contributed by atoms with Gasteiger partial charge in [-0.15, -0.1) is 22.7 Å². The zero-order valence-electron chi connectivity index (χ0n) is 13.2. The van der Waals surface area contributed by atoms with Gasteiger partial charge in [0, 0.05) is 34.0 Å². The summed E-state index contributed by atoms with van der Waals surface area (Å²) in [6.45, 7) is 1.08. The van der Waals surface area contributed by atoms with Crippen molar-refractivity contribution in [2.45, 2.75) is 6.92 Å². The van der Waals surface area contributed by atoms with E-state index in [9.17, 15) is 0 Å². The molecule has 4 aromatic rings. The number of nitrogens with zero attached hydrogens (tertiary/aromatic N) is 1. The molecule has 0 unspecified atom stereocenters. The molecule has 0 aliphatic heterocycles. The van der Waals surface area contributed by atoms with Gasteiger partial charge in [-0.05, 0) is 48.6 Å². The van der Waals surface area contributed by atoms with Gasteiger partial charge in [0.1, 0.15) is 0 Å². The van der Waals surface area contributed by atoms with Crippen molar-refractivity contribution >= 4 is 84.5 Å². The van der Waals surface area contributed by atoms with Crippen LogP contribution in [-0.2, 0) is 21.9 Å². The molecule has 2 aromatic carbocycles. The van der Waals surface area contributed by atoms with Crippen LogP contribution in [0.2, 0.25) is 10.0 Å². The number of benzene rings is 2. The molecule has 0 saturated carbocycles. The third-order valence-electron chi connectivity index (χ3n) is 2.67. The van der Waals surface area contributed by atoms with Gasteiger partial charge in [0.25, 0.3) is 5.97 Å². The van der Waals surface area contributed by atoms with Gasteiger partial charge in [0.15, 0.2) is 3.95 Å². The second-order valence-electron chi connectivity index (χ2n) is 4.64. The predicted molar refractivity (Wildman–Crippen MR) is 110 cm³/mol. The number of carbonyl (C=O) groups is 1. The van der Waals surface area contributed by atoms with E-state index in [4.69, 9.17) is 45.3 Å². The van der Waals surface area contributed by atoms with Crippen LogP contribution in [0.3, 0.4) is 0 Å². The average Bonchev–Trinajstić information content (AvgIpc) is 3.11. The SMILES string of the molecule is CC(=O)O.Clc1ccc2scnc2c1.S=c1[nH]c2cc(Cl)ccc2s1.[Fe]. The molecular formula is C16H12Cl2FeN2O2S3. The van der Waals surface area contributed by atoms with Crippen molar-refractivity contribution < 1.29 is 27.0 Å². The van der Waals surface area contributed by atoms with Crippen molar-refractivity contribution in [3.8, 4) is 0 Å². The molecular weight excluding hydrogens is 475 g/mol. The summed E-state index contributed by atoms with van der Waals surface area (Å²) >= 11 is 19.7. The second kappa shape index (κ2) is 11.0. The molecule has 4 nitrogen and oxygen atoms in total. The summed E-state index contributed by atoms with van der Waals surface area (Å²) < 4.78 is 3.13. The van der Waals surface area contributed by atoms with Crippen LogP contribution in [0.15, 0.2) is 41.9 Å². The number of halogens is 2. The molecule has 0 aliphatic rings. The maximum atomic E-state index is 9.00. The number of rotatable bonds is 0. The summed E-state index contributed by atoms with van der Waals surface area (Å²) in [5, 5.41) is 8.90. The first-order chi connectivity index (χ1) is 11.8. The molecule has 0 bridgehead atoms. The van der Waals surface area contributed by atoms with E-state index in [-0.39, 0.29) is 17.1 Å². The van der Waals surface area contributed by atoms with E-state index in [1.165, 1.54) is 4.70 Å². The Balaban J connectivity index is 0.000000211. The van der Waals surface area contributed by atoms with Gasteiger partial charge < -0.3 is 10.1 Å². The van der Waals surface area contributed by atoms with E-state index < -0.39 is 5.97 Å². The summed E-state index contributed by atoms with van der Waals surface area (Å²) in [5.74, 6) is -0.833. The minimum absolute atomic E-state index is 0. The quantitative estimate of drug-likeness (QED) is 0.215. The van der Waals surface area contributed by atoms with E-state index in [2.05, 4.69) is 9.97 Å². The van der Waals surface area contributed by atoms with Crippen molar-refractivity contribution in [1.82, 2.24) is 9.97 Å². The molecule has 2 aromatic heterocycles. The standard InChI is InChI=1S/C7H4ClNS2.C7H4ClNS.C2H4O2.Fe/c8-4-1-2-6-5(3-4)9-7(10)11-6;8-5-1-2-7-6(3-5)9-4-10-7;1-2(3)4;/h1-3H,(H,9,10);1-4H;1H3,(H,3,4);. The summed E-state index contributed by atoms with van der Waals surface area (Å²) in [6.07, 6.45) is 0. The fourth-order valence-electron chi connectivity index (χ4n) is 1.76. The fourth-order valence-corrected chi connectivity index (χ4v) is 3.85. The first-order valence-electron chi connectivity index (χ1n) is 6.82. The monoisotopic (exact) mass is 486 g/mol. The molecule has 0 radical (unpaired) electrons. The Morgan fingerprint density at radius 3 is 2.38 bits per heavy atom. The van der Waals surface area contributed by atoms with E-state index in [0.717, 1.165) is 36.7 Å². The van der Waals surface area contributed by atoms with Gasteiger partial charge in [0.05, 0.1) is 25.9 Å². The van der Waals surface area contributed by atoms with E-state index in [1.807, 2.05) is 41.9 Å². The zero-order valence-corrected chi connectivity index (χ0v) is 18.2. The molecule has 10 heteroatoms. The fraction of sp³-hybridized carbons (Fsp3) is 0.0625. The van der Waals surface area contributed by atoms with Crippen LogP contribution in [-0.4, -0.2) is 21.0 Å². The van der Waals surface area contributed by atoms with E-state index in [1.54, 1.807) is 22.7 Å². The number of fused-ring (bicyclic) bond motifs is 2. The number of hydrogen-bond acceptors (Lipinski definition) is 5. The Hall–Kier alpha value is -0.991. The summed E-state index contributed by atoms with van der Waals surface area (Å²) in [6, 6.07) is 11.4. The first kappa shape index (κ1) is 23.0. The third kappa shape index (κ3) is 7.32. The average molecular weight is 487 g/mol. The minimum Gasteiger partial charge on any atom is -0.481 e. The van der Waals surface area contributed by atoms with Crippen LogP contribution in [0.4, 0.5) is 0 Å². The van der Waals surface area contributed by atoms with Crippen molar-refractivity contribution in [3.05, 3.63) is 55.9 Å². The Kier molecular flexibility index (Phi) is 9.74. The van der Waals surface area contributed by atoms with Crippen molar-refractivity contribution in [3.63, 3.8) is 0 Å². The molecule has 0 amide bonds. The van der Waals surface area contributed by atoms with Gasteiger partial charge >= 0.3 is 0 Å². The molecule has 2 heterocycles. The van der Waals surface area contributed by atoms with Crippen LogP contribution in [0, 0.1) is 3.95 Å². The molecule has 0 fully saturated rings. The number of carboxylic acids is 1. The predicted octanol–water partition coefficient (Wildman–Crippen LogP) is 6.65. The molecule has 0 aliphatic carbocycles. The number of nitrogens with one attached hydrogen (secondary N) is 1. The third-order valence-corrected chi connectivity index (χ3v) is 5.17. The number of thiazole rings is 2. The minimum atomic E-state index is -0.833. The summed E-state index contributed by atoms with van der Waals surface area (Å²) in [5.41, 5.74) is 3.83. The van der Waals surface area contributed by atoms with Gasteiger partial charge in [0.2, 0.25) is 0 Å². The Bertz CT molecular complexity index is 1060. The zero-order chi connectivity index (χ0) is 18.4. The van der Waals surface area contributed by atoms with Crippen LogP contribution in [0.25, 0.3) is 20.4 Å². The van der Waals surface area contributed by atoms with Crippen LogP contribution in [0.1, 0.15) is 6.92 Å². The van der Waals surface area contributed by atoms with Crippen molar-refractivity contribution in [1.29, 1.82) is 0 Å². The number of aromatic amines is 1. The van der Waals surface area contributed by atoms with Crippen molar-refractivity contribution in [2.24, 2.45) is 0 Å². The van der Waals surface area contributed by atoms with Crippen molar-refractivity contribution in [2.75, 3.05) is 0 Å². The molecule has 0 atom stereocenters. The topological polar surface area (TPSA) is 66.0 Å². The molecule has 0 spiro atoms. The Morgan fingerprint density at radius 1 is 1.15 bits per heavy atom. The first-order valence-corrected chi connectivity index (χ1v) is 9.68. The molecule has 4 rings (SSSR count). The molecule has 0 saturated heterocycles. The van der Waals surface area contributed by atoms with Gasteiger partial charge in [-0.1, -0.05) is 23.2 Å². The smallest absolute Gasteiger partial charge is 0.300 e. The maximum Gasteiger partial charge on any atom is 0.300 e. The maximum absolute atomic E-state index is 9.00. The summed E-state index contributed by atoms with van der Waals surface area (Å²) in [7, 11) is 0. The number of aromatic nitrogens is 2. The largest absolute Gasteiger partial charge is 0.481 e. The van der Waals surface area contributed by atoms with E-state index >= 15 is 0 Å². The van der Waals surface area contributed by atoms with Crippen LogP contribution < -0.4 is 0 Å². The molecule has 2 N–H and O–H groups in total. The number of H-pyrrole nitrogens is 1. The van der Waals surface area contributed by atoms with Crippen LogP contribution >= 0.6 is 58.1 Å². The second-order valence-corrected chi connectivity index (χ2v) is 8.12. The number of aliphatic carboxylic acids is 1. The van der Waals surface area contributed by atoms with Crippen LogP contribution in [0.5, 0.6) is 0 Å². The Labute approximate surface area is 183 Å². The van der Waals surface area contributed by atoms with Gasteiger partial charge in [-0.25, -0.2) is 4.98 Å². The van der Waals surface area contributed by atoms with Gasteiger partial charge in [-0.2, -0.15) is 0 Å². The van der Waals surface area contributed by atoms with E-state index in [0.29, 0.717) is 0 Å².